The van der Waals surface area contributed by atoms with Crippen molar-refractivity contribution >= 4 is 5.91 Å². The van der Waals surface area contributed by atoms with E-state index in [0.717, 1.165) is 41.9 Å². The van der Waals surface area contributed by atoms with Gasteiger partial charge in [0.1, 0.15) is 6.54 Å². The molecule has 24 heavy (non-hydrogen) atoms. The van der Waals surface area contributed by atoms with E-state index in [1.54, 1.807) is 0 Å². The summed E-state index contributed by atoms with van der Waals surface area (Å²) in [5, 5.41) is 3.11. The fraction of sp³-hybridized carbons (Fsp3) is 0.611. The summed E-state index contributed by atoms with van der Waals surface area (Å²) < 4.78 is 37.7. The molecule has 0 saturated heterocycles. The van der Waals surface area contributed by atoms with Crippen molar-refractivity contribution < 1.29 is 22.9 Å². The molecular weight excluding hydrogens is 317 g/mol. The van der Waals surface area contributed by atoms with Crippen molar-refractivity contribution in [3.63, 3.8) is 0 Å². The second-order valence-corrected chi connectivity index (χ2v) is 6.94. The molecule has 3 atom stereocenters. The van der Waals surface area contributed by atoms with E-state index in [0.29, 0.717) is 19.0 Å². The van der Waals surface area contributed by atoms with Crippen LogP contribution >= 0.6 is 0 Å². The van der Waals surface area contributed by atoms with E-state index < -0.39 is 11.7 Å². The number of rotatable bonds is 5. The number of likely N-dealkylation sites (N-methyl/N-ethyl adjacent to an activating group) is 1. The van der Waals surface area contributed by atoms with Gasteiger partial charge >= 0.3 is 6.18 Å². The van der Waals surface area contributed by atoms with Gasteiger partial charge in [-0.05, 0) is 30.9 Å². The molecule has 0 spiro atoms. The lowest BCUT2D eigenvalue weighted by Gasteiger charge is -2.29. The molecule has 1 aliphatic carbocycles. The Morgan fingerprint density at radius 1 is 1.21 bits per heavy atom. The minimum absolute atomic E-state index is 0.0122. The largest absolute Gasteiger partial charge is 0.416 e. The van der Waals surface area contributed by atoms with Gasteiger partial charge in [-0.15, -0.1) is 0 Å². The Labute approximate surface area is 141 Å². The number of hydrogen-bond acceptors (Lipinski definition) is 1. The third-order valence-electron chi connectivity index (χ3n) is 4.71. The minimum Gasteiger partial charge on any atom is -0.348 e. The van der Waals surface area contributed by atoms with Crippen LogP contribution in [0.2, 0.25) is 0 Å². The SMILES string of the molecule is C[C@@H]1CCCC[C@H]1NC(=O)C[NH+](C)Cc1ccc(C(F)(F)F)cc1. The maximum absolute atomic E-state index is 12.6. The molecule has 2 rings (SSSR count). The van der Waals surface area contributed by atoms with Crippen molar-refractivity contribution in [3.8, 4) is 0 Å². The lowest BCUT2D eigenvalue weighted by molar-refractivity contribution is -0.885. The number of benzene rings is 1. The monoisotopic (exact) mass is 343 g/mol. The lowest BCUT2D eigenvalue weighted by Crippen LogP contribution is -3.09. The first-order valence-corrected chi connectivity index (χ1v) is 8.52. The standard InChI is InChI=1S/C18H25F3N2O/c1-13-5-3-4-6-16(13)22-17(24)12-23(2)11-14-7-9-15(10-8-14)18(19,20)21/h7-10,13,16H,3-6,11-12H2,1-2H3,(H,22,24)/p+1/t13-,16-/m1/s1. The Bertz CT molecular complexity index is 542. The second kappa shape index (κ2) is 8.01. The van der Waals surface area contributed by atoms with Crippen LogP contribution in [0.25, 0.3) is 0 Å². The molecule has 0 bridgehead atoms. The molecule has 1 saturated carbocycles. The maximum atomic E-state index is 12.6. The average Bonchev–Trinajstić information content (AvgIpc) is 2.49. The maximum Gasteiger partial charge on any atom is 0.416 e. The Kier molecular flexibility index (Phi) is 6.27. The van der Waals surface area contributed by atoms with Gasteiger partial charge in [0.15, 0.2) is 6.54 Å². The van der Waals surface area contributed by atoms with Gasteiger partial charge in [0.2, 0.25) is 0 Å². The zero-order valence-electron chi connectivity index (χ0n) is 14.2. The molecule has 0 aromatic heterocycles. The summed E-state index contributed by atoms with van der Waals surface area (Å²) in [5.41, 5.74) is 0.146. The highest BCUT2D eigenvalue weighted by Crippen LogP contribution is 2.29. The minimum atomic E-state index is -4.31. The summed E-state index contributed by atoms with van der Waals surface area (Å²) in [4.78, 5) is 13.1. The Morgan fingerprint density at radius 2 is 1.83 bits per heavy atom. The van der Waals surface area contributed by atoms with Crippen LogP contribution in [0.4, 0.5) is 13.2 Å². The first-order chi connectivity index (χ1) is 11.3. The first-order valence-electron chi connectivity index (χ1n) is 8.52. The zero-order valence-corrected chi connectivity index (χ0v) is 14.2. The van der Waals surface area contributed by atoms with Crippen LogP contribution < -0.4 is 10.2 Å². The van der Waals surface area contributed by atoms with Gasteiger partial charge in [-0.2, -0.15) is 13.2 Å². The van der Waals surface area contributed by atoms with Crippen LogP contribution in [-0.2, 0) is 17.5 Å². The number of hydrogen-bond donors (Lipinski definition) is 2. The summed E-state index contributed by atoms with van der Waals surface area (Å²) in [6, 6.07) is 5.39. The predicted molar refractivity (Wildman–Crippen MR) is 86.5 cm³/mol. The third kappa shape index (κ3) is 5.51. The van der Waals surface area contributed by atoms with E-state index >= 15 is 0 Å². The number of carbonyl (C=O) groups excluding carboxylic acids is 1. The van der Waals surface area contributed by atoms with Crippen molar-refractivity contribution in [2.75, 3.05) is 13.6 Å². The Morgan fingerprint density at radius 3 is 2.42 bits per heavy atom. The van der Waals surface area contributed by atoms with Crippen LogP contribution in [0.3, 0.4) is 0 Å². The summed E-state index contributed by atoms with van der Waals surface area (Å²) >= 11 is 0. The van der Waals surface area contributed by atoms with Crippen molar-refractivity contribution in [1.82, 2.24) is 5.32 Å². The zero-order chi connectivity index (χ0) is 17.7. The highest BCUT2D eigenvalue weighted by molar-refractivity contribution is 5.77. The highest BCUT2D eigenvalue weighted by Gasteiger charge is 2.30. The van der Waals surface area contributed by atoms with E-state index in [1.165, 1.54) is 18.6 Å². The normalized spacial score (nSPS) is 22.9. The average molecular weight is 343 g/mol. The van der Waals surface area contributed by atoms with Crippen LogP contribution in [0, 0.1) is 5.92 Å². The van der Waals surface area contributed by atoms with E-state index in [-0.39, 0.29) is 11.9 Å². The Balaban J connectivity index is 1.81. The number of carbonyl (C=O) groups is 1. The van der Waals surface area contributed by atoms with Crippen LogP contribution in [0.1, 0.15) is 43.7 Å². The van der Waals surface area contributed by atoms with Crippen molar-refractivity contribution in [3.05, 3.63) is 35.4 Å². The summed E-state index contributed by atoms with van der Waals surface area (Å²) in [7, 11) is 1.88. The van der Waals surface area contributed by atoms with Gasteiger partial charge in [-0.25, -0.2) is 0 Å². The predicted octanol–water partition coefficient (Wildman–Crippen LogP) is 2.42. The van der Waals surface area contributed by atoms with Crippen molar-refractivity contribution in [1.29, 1.82) is 0 Å². The summed E-state index contributed by atoms with van der Waals surface area (Å²) in [5.74, 6) is 0.524. The third-order valence-corrected chi connectivity index (χ3v) is 4.71. The molecular formula is C18H26F3N2O+. The molecule has 6 heteroatoms. The van der Waals surface area contributed by atoms with Gasteiger partial charge in [-0.3, -0.25) is 4.79 Å². The number of nitrogens with one attached hydrogen (secondary N) is 2. The molecule has 0 radical (unpaired) electrons. The molecule has 2 N–H and O–H groups in total. The molecule has 1 fully saturated rings. The van der Waals surface area contributed by atoms with E-state index in [2.05, 4.69) is 12.2 Å². The van der Waals surface area contributed by atoms with Crippen LogP contribution in [-0.4, -0.2) is 25.5 Å². The number of quaternary nitrogens is 1. The molecule has 1 aromatic rings. The molecule has 1 aromatic carbocycles. The van der Waals surface area contributed by atoms with E-state index in [1.807, 2.05) is 7.05 Å². The highest BCUT2D eigenvalue weighted by atomic mass is 19.4. The van der Waals surface area contributed by atoms with E-state index in [9.17, 15) is 18.0 Å². The van der Waals surface area contributed by atoms with Gasteiger partial charge < -0.3 is 10.2 Å². The molecule has 0 heterocycles. The fourth-order valence-electron chi connectivity index (χ4n) is 3.29. The lowest BCUT2D eigenvalue weighted by atomic mass is 9.86. The molecule has 1 aliphatic rings. The number of halogens is 3. The quantitative estimate of drug-likeness (QED) is 0.846. The summed E-state index contributed by atoms with van der Waals surface area (Å²) in [6.45, 7) is 3.01. The molecule has 1 amide bonds. The van der Waals surface area contributed by atoms with E-state index in [4.69, 9.17) is 0 Å². The van der Waals surface area contributed by atoms with Gasteiger partial charge in [-0.1, -0.05) is 31.9 Å². The van der Waals surface area contributed by atoms with Crippen LogP contribution in [0.5, 0.6) is 0 Å². The summed E-state index contributed by atoms with van der Waals surface area (Å²) in [6.07, 6.45) is 0.258. The van der Waals surface area contributed by atoms with Gasteiger partial charge in [0.25, 0.3) is 5.91 Å². The fourth-order valence-corrected chi connectivity index (χ4v) is 3.29. The van der Waals surface area contributed by atoms with Crippen molar-refractivity contribution in [2.24, 2.45) is 5.92 Å². The molecule has 0 aliphatic heterocycles. The number of alkyl halides is 3. The van der Waals surface area contributed by atoms with Crippen LogP contribution in [0.15, 0.2) is 24.3 Å². The van der Waals surface area contributed by atoms with Gasteiger partial charge in [0, 0.05) is 11.6 Å². The Hall–Kier alpha value is -1.56. The molecule has 134 valence electrons. The first kappa shape index (κ1) is 18.8. The smallest absolute Gasteiger partial charge is 0.348 e. The molecule has 1 unspecified atom stereocenters. The second-order valence-electron chi connectivity index (χ2n) is 6.94. The van der Waals surface area contributed by atoms with Gasteiger partial charge in [0.05, 0.1) is 12.6 Å². The number of amides is 1. The topological polar surface area (TPSA) is 33.5 Å². The van der Waals surface area contributed by atoms with Crippen molar-refractivity contribution in [2.45, 2.75) is 51.4 Å². The molecule has 3 nitrogen and oxygen atoms in total.